The van der Waals surface area contributed by atoms with E-state index in [0.29, 0.717) is 6.61 Å². The fraction of sp³-hybridized carbons (Fsp3) is 0.438. The summed E-state index contributed by atoms with van der Waals surface area (Å²) >= 11 is 0. The van der Waals surface area contributed by atoms with Gasteiger partial charge in [-0.2, -0.15) is 0 Å². The molecule has 0 atom stereocenters. The molecule has 3 heteroatoms. The SMILES string of the molecule is Nc1c2c(nc3c4c(ccc13)CCCC4)CCOC2. The fourth-order valence-corrected chi connectivity index (χ4v) is 3.38. The van der Waals surface area contributed by atoms with E-state index in [-0.39, 0.29) is 0 Å². The van der Waals surface area contributed by atoms with Crippen LogP contribution >= 0.6 is 0 Å². The van der Waals surface area contributed by atoms with Gasteiger partial charge in [-0.3, -0.25) is 4.98 Å². The topological polar surface area (TPSA) is 48.1 Å². The third-order valence-electron chi connectivity index (χ3n) is 4.44. The lowest BCUT2D eigenvalue weighted by molar-refractivity contribution is 0.110. The number of anilines is 1. The van der Waals surface area contributed by atoms with Crippen LogP contribution in [0.15, 0.2) is 12.1 Å². The van der Waals surface area contributed by atoms with Crippen molar-refractivity contribution < 1.29 is 4.74 Å². The van der Waals surface area contributed by atoms with Crippen LogP contribution in [0, 0.1) is 0 Å². The second kappa shape index (κ2) is 4.20. The highest BCUT2D eigenvalue weighted by atomic mass is 16.5. The number of aromatic nitrogens is 1. The van der Waals surface area contributed by atoms with Gasteiger partial charge in [0.1, 0.15) is 0 Å². The molecule has 2 aliphatic rings. The average molecular weight is 254 g/mol. The Bertz CT molecular complexity index is 664. The van der Waals surface area contributed by atoms with E-state index in [9.17, 15) is 0 Å². The summed E-state index contributed by atoms with van der Waals surface area (Å²) in [7, 11) is 0. The molecule has 98 valence electrons. The summed E-state index contributed by atoms with van der Waals surface area (Å²) in [5, 5.41) is 1.12. The molecule has 2 N–H and O–H groups in total. The van der Waals surface area contributed by atoms with E-state index in [1.54, 1.807) is 0 Å². The maximum absolute atomic E-state index is 6.35. The number of nitrogens with two attached hydrogens (primary N) is 1. The molecule has 1 aliphatic heterocycles. The van der Waals surface area contributed by atoms with Gasteiger partial charge in [0, 0.05) is 23.1 Å². The molecule has 3 nitrogen and oxygen atoms in total. The lowest BCUT2D eigenvalue weighted by atomic mass is 9.88. The first-order chi connectivity index (χ1) is 9.34. The minimum absolute atomic E-state index is 0.612. The van der Waals surface area contributed by atoms with E-state index >= 15 is 0 Å². The smallest absolute Gasteiger partial charge is 0.0760 e. The van der Waals surface area contributed by atoms with Gasteiger partial charge in [0.15, 0.2) is 0 Å². The predicted octanol–water partition coefficient (Wildman–Crippen LogP) is 2.77. The first kappa shape index (κ1) is 11.2. The van der Waals surface area contributed by atoms with Crippen molar-refractivity contribution >= 4 is 16.6 Å². The largest absolute Gasteiger partial charge is 0.398 e. The Morgan fingerprint density at radius 3 is 2.89 bits per heavy atom. The molecule has 0 radical (unpaired) electrons. The molecule has 1 aromatic heterocycles. The van der Waals surface area contributed by atoms with E-state index in [2.05, 4.69) is 12.1 Å². The summed E-state index contributed by atoms with van der Waals surface area (Å²) in [4.78, 5) is 4.93. The van der Waals surface area contributed by atoms with Crippen molar-refractivity contribution in [1.82, 2.24) is 4.98 Å². The van der Waals surface area contributed by atoms with Gasteiger partial charge in [-0.05, 0) is 36.8 Å². The van der Waals surface area contributed by atoms with E-state index < -0.39 is 0 Å². The molecular formula is C16H18N2O. The number of hydrogen-bond donors (Lipinski definition) is 1. The molecule has 0 amide bonds. The van der Waals surface area contributed by atoms with Gasteiger partial charge >= 0.3 is 0 Å². The molecule has 1 aliphatic carbocycles. The monoisotopic (exact) mass is 254 g/mol. The van der Waals surface area contributed by atoms with E-state index in [1.807, 2.05) is 0 Å². The highest BCUT2D eigenvalue weighted by Crippen LogP contribution is 2.34. The molecule has 0 spiro atoms. The van der Waals surface area contributed by atoms with Gasteiger partial charge in [0.05, 0.1) is 24.4 Å². The van der Waals surface area contributed by atoms with Crippen molar-refractivity contribution in [3.05, 3.63) is 34.5 Å². The van der Waals surface area contributed by atoms with Crippen LogP contribution in [0.4, 0.5) is 5.69 Å². The second-order valence-electron chi connectivity index (χ2n) is 5.56. The summed E-state index contributed by atoms with van der Waals surface area (Å²) in [6, 6.07) is 4.39. The van der Waals surface area contributed by atoms with Crippen LogP contribution in [0.3, 0.4) is 0 Å². The van der Waals surface area contributed by atoms with Crippen LogP contribution in [0.1, 0.15) is 35.2 Å². The summed E-state index contributed by atoms with van der Waals surface area (Å²) < 4.78 is 5.52. The van der Waals surface area contributed by atoms with Crippen molar-refractivity contribution in [1.29, 1.82) is 0 Å². The summed E-state index contributed by atoms with van der Waals surface area (Å²) in [5.41, 5.74) is 13.5. The number of fused-ring (bicyclic) bond motifs is 4. The van der Waals surface area contributed by atoms with Crippen LogP contribution in [0.25, 0.3) is 10.9 Å². The number of nitrogens with zero attached hydrogens (tertiary/aromatic N) is 1. The van der Waals surface area contributed by atoms with Crippen LogP contribution < -0.4 is 5.73 Å². The molecule has 2 heterocycles. The van der Waals surface area contributed by atoms with Gasteiger partial charge < -0.3 is 10.5 Å². The highest BCUT2D eigenvalue weighted by molar-refractivity contribution is 5.95. The maximum Gasteiger partial charge on any atom is 0.0760 e. The molecule has 4 rings (SSSR count). The molecule has 0 fully saturated rings. The van der Waals surface area contributed by atoms with Gasteiger partial charge in [0.2, 0.25) is 0 Å². The van der Waals surface area contributed by atoms with Gasteiger partial charge in [-0.15, -0.1) is 0 Å². The lowest BCUT2D eigenvalue weighted by Crippen LogP contribution is -2.15. The summed E-state index contributed by atoms with van der Waals surface area (Å²) in [5.74, 6) is 0. The zero-order valence-electron chi connectivity index (χ0n) is 11.0. The van der Waals surface area contributed by atoms with Crippen molar-refractivity contribution in [2.24, 2.45) is 0 Å². The standard InChI is InChI=1S/C16H18N2O/c17-15-12-6-5-10-3-1-2-4-11(10)16(12)18-14-7-8-19-9-13(14)15/h5-6H,1-4,7-9H2,(H2,17,18). The fourth-order valence-electron chi connectivity index (χ4n) is 3.38. The average Bonchev–Trinajstić information content (AvgIpc) is 2.47. The lowest BCUT2D eigenvalue weighted by Gasteiger charge is -2.22. The number of pyridine rings is 1. The number of rotatable bonds is 0. The minimum atomic E-state index is 0.612. The molecule has 1 aromatic carbocycles. The second-order valence-corrected chi connectivity index (χ2v) is 5.56. The number of hydrogen-bond acceptors (Lipinski definition) is 3. The maximum atomic E-state index is 6.35. The van der Waals surface area contributed by atoms with Crippen molar-refractivity contribution in [2.75, 3.05) is 12.3 Å². The first-order valence-electron chi connectivity index (χ1n) is 7.14. The van der Waals surface area contributed by atoms with E-state index in [4.69, 9.17) is 15.5 Å². The molecule has 0 bridgehead atoms. The van der Waals surface area contributed by atoms with Crippen molar-refractivity contribution in [3.8, 4) is 0 Å². The van der Waals surface area contributed by atoms with Gasteiger partial charge in [0.25, 0.3) is 0 Å². The summed E-state index contributed by atoms with van der Waals surface area (Å²) in [6.07, 6.45) is 5.79. The number of nitrogen functional groups attached to an aromatic ring is 1. The van der Waals surface area contributed by atoms with Crippen LogP contribution in [0.5, 0.6) is 0 Å². The Hall–Kier alpha value is -1.61. The molecule has 19 heavy (non-hydrogen) atoms. The molecule has 0 saturated carbocycles. The van der Waals surface area contributed by atoms with Crippen LogP contribution in [0.2, 0.25) is 0 Å². The normalized spacial score (nSPS) is 18.1. The Labute approximate surface area is 112 Å². The Morgan fingerprint density at radius 1 is 1.05 bits per heavy atom. The zero-order valence-corrected chi connectivity index (χ0v) is 11.0. The molecule has 0 unspecified atom stereocenters. The van der Waals surface area contributed by atoms with Crippen LogP contribution in [-0.2, 0) is 30.6 Å². The van der Waals surface area contributed by atoms with E-state index in [0.717, 1.165) is 47.3 Å². The van der Waals surface area contributed by atoms with Gasteiger partial charge in [-0.25, -0.2) is 0 Å². The van der Waals surface area contributed by atoms with Gasteiger partial charge in [-0.1, -0.05) is 12.1 Å². The third kappa shape index (κ3) is 1.65. The third-order valence-corrected chi connectivity index (χ3v) is 4.44. The predicted molar refractivity (Wildman–Crippen MR) is 76.2 cm³/mol. The Balaban J connectivity index is 2.04. The highest BCUT2D eigenvalue weighted by Gasteiger charge is 2.20. The number of aryl methyl sites for hydroxylation is 2. The van der Waals surface area contributed by atoms with Crippen molar-refractivity contribution in [3.63, 3.8) is 0 Å². The summed E-state index contributed by atoms with van der Waals surface area (Å²) in [6.45, 7) is 1.38. The quantitative estimate of drug-likeness (QED) is 0.786. The Kier molecular flexibility index (Phi) is 2.49. The molecule has 2 aromatic rings. The molecular weight excluding hydrogens is 236 g/mol. The van der Waals surface area contributed by atoms with E-state index in [1.165, 1.54) is 30.4 Å². The first-order valence-corrected chi connectivity index (χ1v) is 7.14. The number of ether oxygens (including phenoxy) is 1. The van der Waals surface area contributed by atoms with Crippen LogP contribution in [-0.4, -0.2) is 11.6 Å². The Morgan fingerprint density at radius 2 is 1.95 bits per heavy atom. The molecule has 0 saturated heterocycles. The zero-order chi connectivity index (χ0) is 12.8. The minimum Gasteiger partial charge on any atom is -0.398 e. The number of benzene rings is 1. The van der Waals surface area contributed by atoms with Crippen molar-refractivity contribution in [2.45, 2.75) is 38.7 Å².